The van der Waals surface area contributed by atoms with Gasteiger partial charge in [0, 0.05) is 6.54 Å². The third kappa shape index (κ3) is 5.36. The fraction of sp³-hybridized carbons (Fsp3) is 0.462. The Morgan fingerprint density at radius 1 is 1.41 bits per heavy atom. The Morgan fingerprint density at radius 2 is 2.24 bits per heavy atom. The number of rotatable bonds is 7. The average molecular weight is 237 g/mol. The highest BCUT2D eigenvalue weighted by Crippen LogP contribution is 2.12. The zero-order valence-electron chi connectivity index (χ0n) is 10.1. The van der Waals surface area contributed by atoms with Gasteiger partial charge in [-0.15, -0.1) is 0 Å². The molecule has 0 radical (unpaired) electrons. The van der Waals surface area contributed by atoms with E-state index in [0.29, 0.717) is 18.9 Å². The zero-order chi connectivity index (χ0) is 12.5. The quantitative estimate of drug-likeness (QED) is 0.581. The van der Waals surface area contributed by atoms with Gasteiger partial charge in [0.2, 0.25) is 0 Å². The Balaban J connectivity index is 2.31. The minimum atomic E-state index is -0.336. The molecule has 0 heterocycles. The standard InChI is InChI=1S/C13H19NO3/c1-2-3-7-16-13(15)10-17-12-6-4-5-11(8-12)9-14/h4-6,8H,2-3,7,9-10,14H2,1H3. The molecule has 0 saturated heterocycles. The normalized spacial score (nSPS) is 10.0. The number of hydrogen-bond donors (Lipinski definition) is 1. The maximum absolute atomic E-state index is 11.3. The van der Waals surface area contributed by atoms with Crippen LogP contribution in [-0.4, -0.2) is 19.2 Å². The third-order valence-electron chi connectivity index (χ3n) is 2.25. The predicted molar refractivity (Wildman–Crippen MR) is 65.7 cm³/mol. The summed E-state index contributed by atoms with van der Waals surface area (Å²) in [7, 11) is 0. The minimum Gasteiger partial charge on any atom is -0.482 e. The van der Waals surface area contributed by atoms with Crippen LogP contribution in [0.15, 0.2) is 24.3 Å². The first kappa shape index (κ1) is 13.5. The molecule has 0 fully saturated rings. The summed E-state index contributed by atoms with van der Waals surface area (Å²) in [5.41, 5.74) is 6.48. The van der Waals surface area contributed by atoms with Crippen molar-refractivity contribution >= 4 is 5.97 Å². The second kappa shape index (κ2) is 7.68. The van der Waals surface area contributed by atoms with Crippen LogP contribution < -0.4 is 10.5 Å². The monoisotopic (exact) mass is 237 g/mol. The molecule has 0 aliphatic heterocycles. The first-order chi connectivity index (χ1) is 8.26. The van der Waals surface area contributed by atoms with Gasteiger partial charge in [0.15, 0.2) is 6.61 Å². The van der Waals surface area contributed by atoms with E-state index in [1.54, 1.807) is 6.07 Å². The topological polar surface area (TPSA) is 61.5 Å². The van der Waals surface area contributed by atoms with Crippen LogP contribution in [0.5, 0.6) is 5.75 Å². The van der Waals surface area contributed by atoms with Gasteiger partial charge in [-0.3, -0.25) is 0 Å². The van der Waals surface area contributed by atoms with E-state index in [9.17, 15) is 4.79 Å². The molecule has 0 atom stereocenters. The second-order valence-corrected chi connectivity index (χ2v) is 3.71. The van der Waals surface area contributed by atoms with E-state index in [-0.39, 0.29) is 12.6 Å². The Hall–Kier alpha value is -1.55. The summed E-state index contributed by atoms with van der Waals surface area (Å²) >= 11 is 0. The number of ether oxygens (including phenoxy) is 2. The number of hydrogen-bond acceptors (Lipinski definition) is 4. The van der Waals surface area contributed by atoms with Crippen LogP contribution in [0.1, 0.15) is 25.3 Å². The number of nitrogens with two attached hydrogens (primary N) is 1. The first-order valence-corrected chi connectivity index (χ1v) is 5.83. The lowest BCUT2D eigenvalue weighted by atomic mass is 10.2. The molecule has 0 unspecified atom stereocenters. The van der Waals surface area contributed by atoms with Crippen molar-refractivity contribution in [3.05, 3.63) is 29.8 Å². The van der Waals surface area contributed by atoms with E-state index in [1.807, 2.05) is 25.1 Å². The van der Waals surface area contributed by atoms with Gasteiger partial charge in [0.1, 0.15) is 5.75 Å². The van der Waals surface area contributed by atoms with Gasteiger partial charge < -0.3 is 15.2 Å². The molecular formula is C13H19NO3. The minimum absolute atomic E-state index is 0.0578. The van der Waals surface area contributed by atoms with Crippen LogP contribution in [0.25, 0.3) is 0 Å². The van der Waals surface area contributed by atoms with Gasteiger partial charge >= 0.3 is 5.97 Å². The van der Waals surface area contributed by atoms with Crippen molar-refractivity contribution in [3.63, 3.8) is 0 Å². The van der Waals surface area contributed by atoms with Crippen LogP contribution >= 0.6 is 0 Å². The summed E-state index contributed by atoms with van der Waals surface area (Å²) in [4.78, 5) is 11.3. The summed E-state index contributed by atoms with van der Waals surface area (Å²) in [6.07, 6.45) is 1.89. The van der Waals surface area contributed by atoms with E-state index in [2.05, 4.69) is 0 Å². The Morgan fingerprint density at radius 3 is 2.94 bits per heavy atom. The average Bonchev–Trinajstić information content (AvgIpc) is 2.37. The molecule has 0 amide bonds. The lowest BCUT2D eigenvalue weighted by Crippen LogP contribution is -2.15. The van der Waals surface area contributed by atoms with E-state index in [0.717, 1.165) is 18.4 Å². The van der Waals surface area contributed by atoms with Crippen molar-refractivity contribution in [1.29, 1.82) is 0 Å². The van der Waals surface area contributed by atoms with Crippen molar-refractivity contribution in [2.24, 2.45) is 5.73 Å². The van der Waals surface area contributed by atoms with Gasteiger partial charge in [-0.05, 0) is 24.1 Å². The summed E-state index contributed by atoms with van der Waals surface area (Å²) in [5, 5.41) is 0. The van der Waals surface area contributed by atoms with Gasteiger partial charge in [-0.25, -0.2) is 4.79 Å². The lowest BCUT2D eigenvalue weighted by molar-refractivity contribution is -0.146. The highest BCUT2D eigenvalue weighted by atomic mass is 16.6. The Bertz CT molecular complexity index is 352. The fourth-order valence-electron chi connectivity index (χ4n) is 1.28. The molecule has 0 aromatic heterocycles. The van der Waals surface area contributed by atoms with Crippen LogP contribution in [0.2, 0.25) is 0 Å². The smallest absolute Gasteiger partial charge is 0.344 e. The van der Waals surface area contributed by atoms with Crippen LogP contribution in [0, 0.1) is 0 Å². The molecule has 1 rings (SSSR count). The molecule has 94 valence electrons. The van der Waals surface area contributed by atoms with E-state index in [1.165, 1.54) is 0 Å². The van der Waals surface area contributed by atoms with Crippen molar-refractivity contribution in [2.45, 2.75) is 26.3 Å². The van der Waals surface area contributed by atoms with Crippen molar-refractivity contribution in [2.75, 3.05) is 13.2 Å². The molecule has 0 bridgehead atoms. The van der Waals surface area contributed by atoms with Crippen molar-refractivity contribution in [1.82, 2.24) is 0 Å². The number of esters is 1. The summed E-state index contributed by atoms with van der Waals surface area (Å²) in [5.74, 6) is 0.303. The molecule has 0 aliphatic rings. The molecule has 1 aromatic rings. The molecule has 2 N–H and O–H groups in total. The van der Waals surface area contributed by atoms with Gasteiger partial charge in [-0.2, -0.15) is 0 Å². The van der Waals surface area contributed by atoms with Crippen molar-refractivity contribution < 1.29 is 14.3 Å². The van der Waals surface area contributed by atoms with Gasteiger partial charge in [0.05, 0.1) is 6.61 Å². The van der Waals surface area contributed by atoms with Gasteiger partial charge in [-0.1, -0.05) is 25.5 Å². The Labute approximate surface area is 102 Å². The molecule has 4 heteroatoms. The molecule has 0 spiro atoms. The molecule has 4 nitrogen and oxygen atoms in total. The number of carbonyl (C=O) groups is 1. The van der Waals surface area contributed by atoms with E-state index < -0.39 is 0 Å². The van der Waals surface area contributed by atoms with E-state index in [4.69, 9.17) is 15.2 Å². The summed E-state index contributed by atoms with van der Waals surface area (Å²) in [6.45, 7) is 2.90. The van der Waals surface area contributed by atoms with Crippen molar-refractivity contribution in [3.8, 4) is 5.75 Å². The van der Waals surface area contributed by atoms with Crippen LogP contribution in [0.4, 0.5) is 0 Å². The molecule has 1 aromatic carbocycles. The second-order valence-electron chi connectivity index (χ2n) is 3.71. The van der Waals surface area contributed by atoms with Crippen LogP contribution in [0.3, 0.4) is 0 Å². The SMILES string of the molecule is CCCCOC(=O)COc1cccc(CN)c1. The summed E-state index contributed by atoms with van der Waals surface area (Å²) in [6, 6.07) is 7.37. The first-order valence-electron chi connectivity index (χ1n) is 5.83. The highest BCUT2D eigenvalue weighted by Gasteiger charge is 2.04. The Kier molecular flexibility index (Phi) is 6.10. The molecule has 0 aliphatic carbocycles. The maximum atomic E-state index is 11.3. The molecule has 17 heavy (non-hydrogen) atoms. The zero-order valence-corrected chi connectivity index (χ0v) is 10.1. The van der Waals surface area contributed by atoms with Gasteiger partial charge in [0.25, 0.3) is 0 Å². The molecular weight excluding hydrogens is 218 g/mol. The predicted octanol–water partition coefficient (Wildman–Crippen LogP) is 1.87. The third-order valence-corrected chi connectivity index (χ3v) is 2.25. The number of unbranched alkanes of at least 4 members (excludes halogenated alkanes) is 1. The van der Waals surface area contributed by atoms with E-state index >= 15 is 0 Å². The lowest BCUT2D eigenvalue weighted by Gasteiger charge is -2.07. The fourth-order valence-corrected chi connectivity index (χ4v) is 1.28. The maximum Gasteiger partial charge on any atom is 0.344 e. The number of carbonyl (C=O) groups excluding carboxylic acids is 1. The largest absolute Gasteiger partial charge is 0.482 e. The highest BCUT2D eigenvalue weighted by molar-refractivity contribution is 5.71. The number of benzene rings is 1. The van der Waals surface area contributed by atoms with Crippen LogP contribution in [-0.2, 0) is 16.1 Å². The summed E-state index contributed by atoms with van der Waals surface area (Å²) < 4.78 is 10.3. The molecule has 0 saturated carbocycles.